The summed E-state index contributed by atoms with van der Waals surface area (Å²) in [6.07, 6.45) is 1.02. The van der Waals surface area contributed by atoms with E-state index in [0.717, 1.165) is 45.7 Å². The molecule has 4 rings (SSSR count). The van der Waals surface area contributed by atoms with Gasteiger partial charge in [-0.05, 0) is 42.8 Å². The number of likely N-dealkylation sites (tertiary alicyclic amines) is 1. The molecule has 2 heterocycles. The van der Waals surface area contributed by atoms with Crippen LogP contribution in [0.3, 0.4) is 0 Å². The maximum Gasteiger partial charge on any atom is 0.321 e. The lowest BCUT2D eigenvalue weighted by molar-refractivity contribution is 0.172. The number of piperazine rings is 1. The third-order valence-electron chi connectivity index (χ3n) is 5.42. The van der Waals surface area contributed by atoms with Gasteiger partial charge in [0.25, 0.3) is 0 Å². The van der Waals surface area contributed by atoms with Crippen LogP contribution in [-0.4, -0.2) is 61.1 Å². The number of hydrogen-bond acceptors (Lipinski definition) is 5. The van der Waals surface area contributed by atoms with Crippen molar-refractivity contribution >= 4 is 11.7 Å². The van der Waals surface area contributed by atoms with E-state index in [1.165, 1.54) is 0 Å². The highest BCUT2D eigenvalue weighted by Crippen LogP contribution is 2.25. The molecule has 0 aliphatic carbocycles. The second kappa shape index (κ2) is 8.95. The van der Waals surface area contributed by atoms with E-state index in [4.69, 9.17) is 10.00 Å². The number of amides is 2. The Morgan fingerprint density at radius 1 is 1.10 bits per heavy atom. The van der Waals surface area contributed by atoms with Gasteiger partial charge in [0, 0.05) is 57.1 Å². The number of benzene rings is 2. The van der Waals surface area contributed by atoms with Crippen LogP contribution in [0.15, 0.2) is 48.5 Å². The fraction of sp³-hybridized carbons (Fsp3) is 0.364. The van der Waals surface area contributed by atoms with Gasteiger partial charge in [0.15, 0.2) is 0 Å². The molecule has 150 valence electrons. The fourth-order valence-corrected chi connectivity index (χ4v) is 3.85. The summed E-state index contributed by atoms with van der Waals surface area (Å²) in [5.74, 6) is 1.28. The molecular formula is C22H25N5O2. The molecule has 1 atom stereocenters. The minimum Gasteiger partial charge on any atom is -0.457 e. The summed E-state index contributed by atoms with van der Waals surface area (Å²) in [5, 5.41) is 15.2. The highest BCUT2D eigenvalue weighted by molar-refractivity contribution is 5.89. The van der Waals surface area contributed by atoms with Gasteiger partial charge in [0.2, 0.25) is 0 Å². The molecule has 2 N–H and O–H groups in total. The van der Waals surface area contributed by atoms with E-state index < -0.39 is 0 Å². The first-order chi connectivity index (χ1) is 14.2. The van der Waals surface area contributed by atoms with Crippen molar-refractivity contribution < 1.29 is 9.53 Å². The molecule has 1 unspecified atom stereocenters. The first-order valence-corrected chi connectivity index (χ1v) is 10.00. The highest BCUT2D eigenvalue weighted by atomic mass is 16.5. The van der Waals surface area contributed by atoms with Crippen molar-refractivity contribution in [1.29, 1.82) is 5.26 Å². The van der Waals surface area contributed by atoms with Gasteiger partial charge < -0.3 is 20.3 Å². The van der Waals surface area contributed by atoms with Crippen molar-refractivity contribution in [3.63, 3.8) is 0 Å². The second-order valence-corrected chi connectivity index (χ2v) is 7.37. The largest absolute Gasteiger partial charge is 0.457 e. The van der Waals surface area contributed by atoms with Gasteiger partial charge >= 0.3 is 6.03 Å². The highest BCUT2D eigenvalue weighted by Gasteiger charge is 2.30. The molecule has 0 saturated carbocycles. The Morgan fingerprint density at radius 3 is 2.66 bits per heavy atom. The van der Waals surface area contributed by atoms with Crippen LogP contribution in [0.2, 0.25) is 0 Å². The van der Waals surface area contributed by atoms with E-state index in [9.17, 15) is 4.79 Å². The number of urea groups is 1. The van der Waals surface area contributed by atoms with Gasteiger partial charge in [-0.2, -0.15) is 5.26 Å². The molecular weight excluding hydrogens is 366 g/mol. The number of nitrogens with zero attached hydrogens (tertiary/aromatic N) is 3. The summed E-state index contributed by atoms with van der Waals surface area (Å²) >= 11 is 0. The van der Waals surface area contributed by atoms with E-state index >= 15 is 0 Å². The number of ether oxygens (including phenoxy) is 1. The first-order valence-electron chi connectivity index (χ1n) is 10.00. The molecule has 2 aromatic rings. The molecule has 2 fully saturated rings. The van der Waals surface area contributed by atoms with Crippen LogP contribution in [0.25, 0.3) is 0 Å². The summed E-state index contributed by atoms with van der Waals surface area (Å²) in [6, 6.07) is 16.7. The third kappa shape index (κ3) is 4.86. The summed E-state index contributed by atoms with van der Waals surface area (Å²) in [7, 11) is 0. The molecule has 7 heteroatoms. The molecule has 0 bridgehead atoms. The molecule has 0 radical (unpaired) electrons. The average Bonchev–Trinajstić information content (AvgIpc) is 3.26. The molecule has 2 saturated heterocycles. The van der Waals surface area contributed by atoms with Crippen LogP contribution in [0, 0.1) is 11.3 Å². The molecule has 2 aliphatic heterocycles. The summed E-state index contributed by atoms with van der Waals surface area (Å²) in [4.78, 5) is 17.1. The minimum atomic E-state index is -0.0712. The Labute approximate surface area is 170 Å². The van der Waals surface area contributed by atoms with Gasteiger partial charge in [0.05, 0.1) is 11.6 Å². The number of carbonyl (C=O) groups excluding carboxylic acids is 1. The Hall–Kier alpha value is -3.08. The Balaban J connectivity index is 1.33. The fourth-order valence-electron chi connectivity index (χ4n) is 3.85. The summed E-state index contributed by atoms with van der Waals surface area (Å²) in [6.45, 7) is 5.70. The normalized spacial score (nSPS) is 19.6. The topological polar surface area (TPSA) is 80.6 Å². The Bertz CT molecular complexity index is 887. The van der Waals surface area contributed by atoms with Crippen LogP contribution < -0.4 is 15.4 Å². The molecule has 2 aliphatic rings. The van der Waals surface area contributed by atoms with Gasteiger partial charge in [-0.15, -0.1) is 0 Å². The van der Waals surface area contributed by atoms with Gasteiger partial charge in [0.1, 0.15) is 11.5 Å². The van der Waals surface area contributed by atoms with E-state index in [0.29, 0.717) is 28.8 Å². The average molecular weight is 391 g/mol. The monoisotopic (exact) mass is 391 g/mol. The number of rotatable bonds is 4. The third-order valence-corrected chi connectivity index (χ3v) is 5.42. The lowest BCUT2D eigenvalue weighted by Gasteiger charge is -2.32. The van der Waals surface area contributed by atoms with Crippen molar-refractivity contribution in [2.24, 2.45) is 0 Å². The minimum absolute atomic E-state index is 0.0712. The molecule has 2 aromatic carbocycles. The number of nitrogens with one attached hydrogen (secondary N) is 2. The van der Waals surface area contributed by atoms with Crippen molar-refractivity contribution in [2.45, 2.75) is 12.5 Å². The molecule has 0 aromatic heterocycles. The summed E-state index contributed by atoms with van der Waals surface area (Å²) in [5.41, 5.74) is 1.29. The summed E-state index contributed by atoms with van der Waals surface area (Å²) < 4.78 is 5.84. The predicted molar refractivity (Wildman–Crippen MR) is 111 cm³/mol. The van der Waals surface area contributed by atoms with Crippen LogP contribution >= 0.6 is 0 Å². The van der Waals surface area contributed by atoms with Crippen LogP contribution in [-0.2, 0) is 0 Å². The first kappa shape index (κ1) is 19.2. The Kier molecular flexibility index (Phi) is 5.94. The zero-order chi connectivity index (χ0) is 20.1. The van der Waals surface area contributed by atoms with Gasteiger partial charge in [-0.1, -0.05) is 6.07 Å². The molecule has 29 heavy (non-hydrogen) atoms. The van der Waals surface area contributed by atoms with E-state index in [2.05, 4.69) is 21.6 Å². The van der Waals surface area contributed by atoms with E-state index in [1.54, 1.807) is 30.3 Å². The second-order valence-electron chi connectivity index (χ2n) is 7.37. The predicted octanol–water partition coefficient (Wildman–Crippen LogP) is 2.86. The van der Waals surface area contributed by atoms with Gasteiger partial charge in [-0.3, -0.25) is 4.90 Å². The number of carbonyl (C=O) groups is 1. The number of anilines is 1. The molecule has 0 spiro atoms. The smallest absolute Gasteiger partial charge is 0.321 e. The quantitative estimate of drug-likeness (QED) is 0.838. The SMILES string of the molecule is N#Cc1ccc(Oc2cccc(NC(=O)N3CCC(N4CCNCC4)C3)c2)cc1. The number of hydrogen-bond donors (Lipinski definition) is 2. The van der Waals surface area contributed by atoms with Crippen LogP contribution in [0.4, 0.5) is 10.5 Å². The molecule has 7 nitrogen and oxygen atoms in total. The lowest BCUT2D eigenvalue weighted by atomic mass is 10.2. The van der Waals surface area contributed by atoms with Crippen molar-refractivity contribution in [3.8, 4) is 17.6 Å². The Morgan fingerprint density at radius 2 is 1.90 bits per heavy atom. The zero-order valence-corrected chi connectivity index (χ0v) is 16.3. The number of nitriles is 1. The van der Waals surface area contributed by atoms with Crippen molar-refractivity contribution in [1.82, 2.24) is 15.1 Å². The van der Waals surface area contributed by atoms with Crippen molar-refractivity contribution in [3.05, 3.63) is 54.1 Å². The maximum absolute atomic E-state index is 12.7. The zero-order valence-electron chi connectivity index (χ0n) is 16.3. The van der Waals surface area contributed by atoms with Crippen molar-refractivity contribution in [2.75, 3.05) is 44.6 Å². The lowest BCUT2D eigenvalue weighted by Crippen LogP contribution is -2.49. The van der Waals surface area contributed by atoms with Crippen LogP contribution in [0.5, 0.6) is 11.5 Å². The van der Waals surface area contributed by atoms with Crippen LogP contribution in [0.1, 0.15) is 12.0 Å². The standard InChI is InChI=1S/C22H25N5O2/c23-15-17-4-6-20(7-5-17)29-21-3-1-2-18(14-21)25-22(28)27-11-8-19(16-27)26-12-9-24-10-13-26/h1-7,14,19,24H,8-13,16H2,(H,25,28). The van der Waals surface area contributed by atoms with Gasteiger partial charge in [-0.25, -0.2) is 4.79 Å². The van der Waals surface area contributed by atoms with E-state index in [-0.39, 0.29) is 6.03 Å². The maximum atomic E-state index is 12.7. The van der Waals surface area contributed by atoms with E-state index in [1.807, 2.05) is 23.1 Å². The molecule has 2 amide bonds.